The molecule has 0 aliphatic heterocycles. The Labute approximate surface area is 841 Å². The number of amides is 2. The van der Waals surface area contributed by atoms with Crippen molar-refractivity contribution in [1.82, 2.24) is 24.8 Å². The number of halogens is 12. The number of hydrogen-bond donors (Lipinski definition) is 8. The first-order valence-corrected chi connectivity index (χ1v) is 46.0. The summed E-state index contributed by atoms with van der Waals surface area (Å²) < 4.78 is 162. The van der Waals surface area contributed by atoms with E-state index in [0.717, 1.165) is 7.05 Å². The van der Waals surface area contributed by atoms with Crippen LogP contribution in [0.3, 0.4) is 0 Å². The molecule has 0 heterocycles. The topological polar surface area (TPSA) is 392 Å². The molecule has 6 aromatic carbocycles. The van der Waals surface area contributed by atoms with Crippen LogP contribution in [-0.2, 0) is 64.4 Å². The fourth-order valence-corrected chi connectivity index (χ4v) is 13.5. The molecule has 11 N–H and O–H groups in total. The third-order valence-electron chi connectivity index (χ3n) is 13.2. The maximum absolute atomic E-state index is 13.7. The minimum atomic E-state index is -1.49. The van der Waals surface area contributed by atoms with Gasteiger partial charge in [0.05, 0.1) is 79.8 Å². The van der Waals surface area contributed by atoms with Crippen molar-refractivity contribution < 1.29 is 81.1 Å². The van der Waals surface area contributed by atoms with Crippen LogP contribution in [0.15, 0.2) is 140 Å². The summed E-state index contributed by atoms with van der Waals surface area (Å²) in [5.74, 6) is -2.41. The minimum Gasteiger partial charge on any atom is -0.444 e. The number of rotatable bonds is 20. The number of nitrogens with one attached hydrogen (secondary N) is 5. The standard InChI is InChI=1S/C17H26BrFN2O3S.C13H18BrFN2O2.C12H16BrFN2O3S.C12H18BrFN2OS.C11H13BrFNOS.C7H4BrFO.C4H11NOS.CH3NO2.6CH4.3H2S/c1-16(2,3)24-15(22)20-10-14(21-25(23)17(4,5)6)11-7-12(18)9-13(19)8-11;1-13(2,3)19-12(18)17-7-11(16)8-4-9(14)6-10(15)5-8;1-12(2,3)20(19)15-11(7-16(17)18)8-4-9(13)6-10(14)5-8;1-12(2,3)18(17)16-11(7-15)8-4-9(13)6-10(14)5-8;1-11(2,3)16(15)14-7-8-4-9(12)6-10(13)5-8;8-6-1-5(4-10)2-7(9)3-6;1-4(2,3)7(5)6;1-2(3)4;;;;;;;;;/h7-9,14,21H,10H2,1-6H3,(H,20,22);4-6,11H,7,16H2,1-3H3,(H,17,18);4-6,11,15H,7H2,1-3H3;4-6,11,16H,7,15H2,1-3H3;4-7H,1-3H3;1-4H;5H2,1-3H3;1H3;6*1H4;3*1H2/t14-,25+;11-;11-,20+;11-,18+;16-;;7-;;;;;;;;;;/m11110.0........../s1. The molecule has 0 aliphatic carbocycles. The van der Waals surface area contributed by atoms with Gasteiger partial charge in [-0.05, 0) is 282 Å². The van der Waals surface area contributed by atoms with Gasteiger partial charge in [0, 0.05) is 74.1 Å². The van der Waals surface area contributed by atoms with E-state index in [-0.39, 0.29) is 133 Å². The Morgan fingerprint density at radius 1 is 0.438 bits per heavy atom. The number of nitro groups is 2. The van der Waals surface area contributed by atoms with Crippen LogP contribution in [0.1, 0.15) is 252 Å². The van der Waals surface area contributed by atoms with Crippen molar-refractivity contribution in [2.24, 2.45) is 21.0 Å². The molecule has 0 bridgehead atoms. The molecular formula is C83H139Br6F6N11O14S8. The Balaban J connectivity index is -0.000000139. The molecule has 0 saturated heterocycles. The SMILES string of the molecule is C.C.C.C.C.C.CC(C)(C)OC(=O)NC[C@@H](N)c1cc(F)cc(Br)c1.CC(C)(C)OC(=O)NC[C@@H](N[S@@](=O)C(C)(C)C)c1cc(F)cc(Br)c1.CC(C)(C)[S@@](N)=O.CC(C)(C)[S@](=O)N=Cc1cc(F)cc(Br)c1.CC(C)(C)[S@](=O)N[C@H](CN)c1cc(F)cc(Br)c1.CC(C)(C)[S@](=O)N[C@H](C[N+](=O)[O-])c1cc(F)cc(Br)c1.C[N+](=O)[O-].O=Cc1cc(F)cc(Br)c1.S.S.S. The van der Waals surface area contributed by atoms with Gasteiger partial charge in [0.15, 0.2) is 7.05 Å². The maximum Gasteiger partial charge on any atom is 0.407 e. The molecule has 128 heavy (non-hydrogen) atoms. The molecule has 0 aromatic heterocycles. The van der Waals surface area contributed by atoms with E-state index in [2.05, 4.69) is 125 Å². The summed E-state index contributed by atoms with van der Waals surface area (Å²) >= 11 is 19.1. The Kier molecular flexibility index (Phi) is 79.1. The largest absolute Gasteiger partial charge is 0.444 e. The van der Waals surface area contributed by atoms with Crippen LogP contribution in [-0.4, -0.2) is 124 Å². The zero-order chi connectivity index (χ0) is 93.0. The second-order valence-corrected chi connectivity index (χ2v) is 47.3. The number of aldehydes is 1. The highest BCUT2D eigenvalue weighted by Gasteiger charge is 2.30. The minimum absolute atomic E-state index is 0. The number of carbonyl (C=O) groups is 3. The van der Waals surface area contributed by atoms with Crippen LogP contribution in [0.25, 0.3) is 0 Å². The summed E-state index contributed by atoms with van der Waals surface area (Å²) in [5.41, 5.74) is 13.5. The van der Waals surface area contributed by atoms with E-state index in [1.54, 1.807) is 98.7 Å². The second-order valence-electron chi connectivity index (χ2n) is 32.1. The molecule has 6 rings (SSSR count). The van der Waals surface area contributed by atoms with Crippen LogP contribution in [0, 0.1) is 55.1 Å². The van der Waals surface area contributed by atoms with Gasteiger partial charge in [-0.2, -0.15) is 44.9 Å². The van der Waals surface area contributed by atoms with E-state index in [1.165, 1.54) is 79.0 Å². The first kappa shape index (κ1) is 147. The molecule has 2 amide bonds. The number of nitrogens with zero attached hydrogens (tertiary/aromatic N) is 3. The van der Waals surface area contributed by atoms with Crippen LogP contribution in [0.5, 0.6) is 0 Å². The lowest BCUT2D eigenvalue weighted by Gasteiger charge is -2.26. The van der Waals surface area contributed by atoms with Crippen LogP contribution >= 0.6 is 136 Å². The average Bonchev–Trinajstić information content (AvgIpc) is 0.843. The van der Waals surface area contributed by atoms with E-state index >= 15 is 0 Å². The third kappa shape index (κ3) is 70.7. The third-order valence-corrected chi connectivity index (χ3v) is 23.3. The highest BCUT2D eigenvalue weighted by Crippen LogP contribution is 2.28. The Morgan fingerprint density at radius 2 is 0.695 bits per heavy atom. The van der Waals surface area contributed by atoms with Crippen molar-refractivity contribution in [2.45, 2.75) is 249 Å². The van der Waals surface area contributed by atoms with Gasteiger partial charge in [-0.3, -0.25) is 30.2 Å². The van der Waals surface area contributed by atoms with Crippen molar-refractivity contribution >= 4 is 216 Å². The van der Waals surface area contributed by atoms with Gasteiger partial charge in [-0.1, -0.05) is 140 Å². The lowest BCUT2D eigenvalue weighted by atomic mass is 10.1. The predicted octanol–water partition coefficient (Wildman–Crippen LogP) is 23.2. The van der Waals surface area contributed by atoms with E-state index in [1.807, 2.05) is 83.1 Å². The number of nitrogens with two attached hydrogens (primary N) is 3. The number of benzene rings is 6. The fraction of sp³-hybridized carbons (Fsp3) is 0.518. The zero-order valence-corrected chi connectivity index (χ0v) is 88.1. The van der Waals surface area contributed by atoms with Gasteiger partial charge in [0.1, 0.15) is 69.4 Å². The van der Waals surface area contributed by atoms with Gasteiger partial charge in [-0.25, -0.2) is 71.1 Å². The summed E-state index contributed by atoms with van der Waals surface area (Å²) in [6.07, 6.45) is 0.901. The van der Waals surface area contributed by atoms with Gasteiger partial charge in [0.25, 0.3) is 0 Å². The highest BCUT2D eigenvalue weighted by atomic mass is 79.9. The molecular weight excluding hydrogens is 2220 g/mol. The fourth-order valence-electron chi connectivity index (χ4n) is 7.56. The van der Waals surface area contributed by atoms with Crippen LogP contribution in [0.4, 0.5) is 35.9 Å². The van der Waals surface area contributed by atoms with Crippen LogP contribution < -0.4 is 41.4 Å². The normalized spacial score (nSPS) is 12.9. The van der Waals surface area contributed by atoms with Crippen molar-refractivity contribution in [3.63, 3.8) is 0 Å². The van der Waals surface area contributed by atoms with Crippen molar-refractivity contribution in [3.05, 3.63) is 225 Å². The molecule has 0 aliphatic rings. The van der Waals surface area contributed by atoms with Gasteiger partial charge < -0.3 is 31.6 Å². The summed E-state index contributed by atoms with van der Waals surface area (Å²) in [7, 11) is -5.75. The summed E-state index contributed by atoms with van der Waals surface area (Å²) in [6.45, 7) is 38.0. The monoisotopic (exact) mass is 2360 g/mol. The lowest BCUT2D eigenvalue weighted by molar-refractivity contribution is -0.483. The first-order chi connectivity index (χ1) is 54.0. The zero-order valence-electron chi connectivity index (χ0n) is 71.6. The Morgan fingerprint density at radius 3 is 0.969 bits per heavy atom. The van der Waals surface area contributed by atoms with Crippen molar-refractivity contribution in [2.75, 3.05) is 33.2 Å². The van der Waals surface area contributed by atoms with Crippen LogP contribution in [0.2, 0.25) is 0 Å². The smallest absolute Gasteiger partial charge is 0.407 e. The number of hydrogen-bond acceptors (Lipinski definition) is 16. The summed E-state index contributed by atoms with van der Waals surface area (Å²) in [4.78, 5) is 52.0. The molecule has 0 fully saturated rings. The second kappa shape index (κ2) is 68.9. The van der Waals surface area contributed by atoms with Gasteiger partial charge >= 0.3 is 12.2 Å². The first-order valence-electron chi connectivity index (χ1n) is 35.4. The average molecular weight is 2370 g/mol. The van der Waals surface area contributed by atoms with E-state index in [4.69, 9.17) is 36.2 Å². The molecule has 0 saturated carbocycles. The predicted molar refractivity (Wildman–Crippen MR) is 560 cm³/mol. The van der Waals surface area contributed by atoms with E-state index < -0.39 is 149 Å². The highest BCUT2D eigenvalue weighted by molar-refractivity contribution is 9.11. The lowest BCUT2D eigenvalue weighted by Crippen LogP contribution is -2.42. The molecule has 0 radical (unpaired) electrons. The molecule has 25 nitrogen and oxygen atoms in total. The Hall–Kier alpha value is -3.98. The number of carbonyl (C=O) groups excluding carboxylic acids is 3. The molecule has 6 aromatic rings. The molecule has 9 atom stereocenters. The molecule has 45 heteroatoms. The quantitative estimate of drug-likeness (QED) is 0.0116. The van der Waals surface area contributed by atoms with E-state index in [0.29, 0.717) is 66.5 Å². The molecule has 742 valence electrons. The van der Waals surface area contributed by atoms with E-state index in [9.17, 15) is 71.9 Å². The summed E-state index contributed by atoms with van der Waals surface area (Å²) in [5, 5.41) is 29.8. The van der Waals surface area contributed by atoms with Gasteiger partial charge in [0.2, 0.25) is 6.54 Å². The van der Waals surface area contributed by atoms with Crippen molar-refractivity contribution in [3.8, 4) is 0 Å². The van der Waals surface area contributed by atoms with Gasteiger partial charge in [-0.15, -0.1) is 0 Å². The van der Waals surface area contributed by atoms with Crippen molar-refractivity contribution in [1.29, 1.82) is 0 Å². The molecule has 0 spiro atoms. The maximum atomic E-state index is 13.7. The number of ether oxygens (including phenoxy) is 2. The molecule has 0 unspecified atom stereocenters. The number of alkyl carbamates (subject to hydrolysis) is 2. The Bertz CT molecular complexity index is 4350. The summed E-state index contributed by atoms with van der Waals surface area (Å²) in [6, 6.07) is 23.6.